The minimum Gasteiger partial charge on any atom is -0.309 e. The number of rotatable bonds is 17. The van der Waals surface area contributed by atoms with Crippen molar-refractivity contribution in [1.29, 1.82) is 0 Å². The van der Waals surface area contributed by atoms with Gasteiger partial charge in [0.1, 0.15) is 0 Å². The Kier molecular flexibility index (Phi) is 20.6. The topological polar surface area (TPSA) is 6.48 Å². The van der Waals surface area contributed by atoms with E-state index >= 15 is 0 Å². The van der Waals surface area contributed by atoms with Crippen LogP contribution in [0, 0.1) is 0 Å². The Hall–Kier alpha value is -7.81. The molecule has 0 heterocycles. The van der Waals surface area contributed by atoms with E-state index < -0.39 is 24.2 Å². The van der Waals surface area contributed by atoms with Gasteiger partial charge < -0.3 is 9.80 Å². The van der Waals surface area contributed by atoms with Gasteiger partial charge in [-0.1, -0.05) is 324 Å². The maximum Gasteiger partial charge on any atom is 0.0775 e. The summed E-state index contributed by atoms with van der Waals surface area (Å²) in [4.78, 5) is 5.63. The van der Waals surface area contributed by atoms with Crippen LogP contribution in [0.1, 0.15) is 201 Å². The predicted octanol–water partition coefficient (Wildman–Crippen LogP) is 28.7. The van der Waals surface area contributed by atoms with Gasteiger partial charge in [-0.25, -0.2) is 0 Å². The minimum absolute atomic E-state index is 0.151. The molecule has 0 unspecified atom stereocenters. The zero-order chi connectivity index (χ0) is 72.1. The number of nitrogens with zero attached hydrogens (tertiary/aromatic N) is 2. The molecule has 0 saturated heterocycles. The van der Waals surface area contributed by atoms with Gasteiger partial charge in [-0.3, -0.25) is 0 Å². The number of hydrogen-bond acceptors (Lipinski definition) is 2. The fraction of sp³-hybridized carbons (Fsp3) is 0.374. The highest BCUT2D eigenvalue weighted by Gasteiger charge is 2.33. The summed E-state index contributed by atoms with van der Waals surface area (Å²) in [6, 6.07) is 89.5. The molecule has 0 N–H and O–H groups in total. The van der Waals surface area contributed by atoms with Crippen molar-refractivity contribution < 1.29 is 0 Å². The van der Waals surface area contributed by atoms with Crippen molar-refractivity contribution in [1.82, 2.24) is 0 Å². The van der Waals surface area contributed by atoms with Crippen molar-refractivity contribution in [3.8, 4) is 44.5 Å². The van der Waals surface area contributed by atoms with Crippen molar-refractivity contribution >= 4 is 95.5 Å². The van der Waals surface area contributed by atoms with Crippen molar-refractivity contribution in [2.75, 3.05) is 9.80 Å². The van der Waals surface area contributed by atoms with E-state index in [0.29, 0.717) is 23.7 Å². The second-order valence-electron chi connectivity index (χ2n) is 36.4. The molecule has 0 bridgehead atoms. The minimum atomic E-state index is -1.60. The van der Waals surface area contributed by atoms with Gasteiger partial charge in [-0.2, -0.15) is 0 Å². The molecule has 15 rings (SSSR count). The van der Waals surface area contributed by atoms with Gasteiger partial charge in [0, 0.05) is 44.3 Å². The lowest BCUT2D eigenvalue weighted by molar-refractivity contribution is 0.435. The molecule has 0 aliphatic heterocycles. The molecule has 11 aromatic carbocycles. The molecule has 5 heteroatoms. The van der Waals surface area contributed by atoms with E-state index in [-0.39, 0.29) is 5.41 Å². The number of fused-ring (bicyclic) bond motifs is 2. The number of benzene rings is 11. The summed E-state index contributed by atoms with van der Waals surface area (Å²) in [5, 5.41) is 9.53. The summed E-state index contributed by atoms with van der Waals surface area (Å²) in [6.07, 6.45) is 25.7. The van der Waals surface area contributed by atoms with Gasteiger partial charge in [-0.15, -0.1) is 0 Å². The largest absolute Gasteiger partial charge is 0.309 e. The molecule has 534 valence electrons. The van der Waals surface area contributed by atoms with E-state index in [1.165, 1.54) is 272 Å². The Labute approximate surface area is 628 Å². The monoisotopic (exact) mass is 1420 g/mol. The Morgan fingerprint density at radius 2 is 0.529 bits per heavy atom. The van der Waals surface area contributed by atoms with Crippen LogP contribution in [0.5, 0.6) is 0 Å². The van der Waals surface area contributed by atoms with Gasteiger partial charge in [0.25, 0.3) is 0 Å². The Balaban J connectivity index is 1.08. The lowest BCUT2D eigenvalue weighted by atomic mass is 9.79. The Bertz CT molecular complexity index is 4690. The van der Waals surface area contributed by atoms with E-state index in [4.69, 9.17) is 0 Å². The third kappa shape index (κ3) is 15.4. The summed E-state index contributed by atoms with van der Waals surface area (Å²) in [7, 11) is -4.78. The molecule has 0 radical (unpaired) electrons. The molecule has 4 saturated carbocycles. The standard InChI is InChI=1S/C99H116N2Si3/c1-99(2,3)85-48-55-95-96(68-85)98(101(88-62-79(71-34-22-15-23-35-71)57-80(63-88)72-36-24-16-25-37-72)89-64-81(73-38-26-17-27-39-73)58-82(67-89)74-42-49-90(50-43-74)102(4,5)6)94-41-29-28-40-93(94)97(95)100(86-60-77(69-30-18-13-19-31-69)56-78(61-86)70-32-20-14-21-33-70)87-65-83(75-44-51-91(52-45-75)103(7,8)9)59-84(66-87)76-46-53-92(54-47-76)104(10,11)12/h17,26-29,38-72H,13-16,18-25,30-37H2,1-12H3. The summed E-state index contributed by atoms with van der Waals surface area (Å²) in [6.45, 7) is 29.6. The predicted molar refractivity (Wildman–Crippen MR) is 464 cm³/mol. The molecule has 2 nitrogen and oxygen atoms in total. The van der Waals surface area contributed by atoms with Crippen LogP contribution in [0.15, 0.2) is 218 Å². The van der Waals surface area contributed by atoms with Crippen molar-refractivity contribution in [3.05, 3.63) is 246 Å². The molecule has 0 aromatic heterocycles. The fourth-order valence-electron chi connectivity index (χ4n) is 18.4. The van der Waals surface area contributed by atoms with Crippen LogP contribution in [0.25, 0.3) is 66.1 Å². The second-order valence-corrected chi connectivity index (χ2v) is 51.6. The highest BCUT2D eigenvalue weighted by atomic mass is 28.3. The number of anilines is 6. The van der Waals surface area contributed by atoms with E-state index in [2.05, 4.69) is 308 Å². The molecule has 0 spiro atoms. The number of hydrogen-bond donors (Lipinski definition) is 0. The first kappa shape index (κ1) is 71.8. The van der Waals surface area contributed by atoms with Crippen molar-refractivity contribution in [3.63, 3.8) is 0 Å². The summed E-state index contributed by atoms with van der Waals surface area (Å²) in [5.74, 6) is 2.11. The molecule has 4 fully saturated rings. The van der Waals surface area contributed by atoms with Crippen LogP contribution in [0.2, 0.25) is 58.9 Å². The lowest BCUT2D eigenvalue weighted by Gasteiger charge is -2.36. The van der Waals surface area contributed by atoms with Gasteiger partial charge in [-0.05, 0) is 220 Å². The molecular formula is C99H116N2Si3. The SMILES string of the molecule is CC(C)(C)c1ccc2c(N(c3cc(-c4ccc([Si](C)(C)C)cc4)cc(-c4ccc([Si](C)(C)C)cc4)c3)c3cc(C4CCCCC4)cc(C4CCCCC4)c3)c3ccccc3c(N(c3cc(-c4ccccc4)cc(-c4ccc([Si](C)(C)C)cc4)c3)c3cc(C4CCCCC4)cc(C4CCCCC4)c3)c2c1. The third-order valence-corrected chi connectivity index (χ3v) is 30.9. The second kappa shape index (κ2) is 29.9. The van der Waals surface area contributed by atoms with E-state index in [0.717, 1.165) is 0 Å². The maximum atomic E-state index is 2.82. The van der Waals surface area contributed by atoms with Crippen LogP contribution in [0.3, 0.4) is 0 Å². The molecule has 11 aromatic rings. The smallest absolute Gasteiger partial charge is 0.0775 e. The van der Waals surface area contributed by atoms with Crippen LogP contribution >= 0.6 is 0 Å². The first-order valence-corrected chi connectivity index (χ1v) is 51.1. The zero-order valence-electron chi connectivity index (χ0n) is 65.1. The zero-order valence-corrected chi connectivity index (χ0v) is 68.1. The fourth-order valence-corrected chi connectivity index (χ4v) is 21.9. The van der Waals surface area contributed by atoms with Crippen molar-refractivity contribution in [2.45, 2.75) is 237 Å². The summed E-state index contributed by atoms with van der Waals surface area (Å²) >= 11 is 0. The highest BCUT2D eigenvalue weighted by molar-refractivity contribution is 6.89. The molecule has 4 aliphatic carbocycles. The first-order valence-electron chi connectivity index (χ1n) is 40.6. The highest BCUT2D eigenvalue weighted by Crippen LogP contribution is 2.55. The van der Waals surface area contributed by atoms with Gasteiger partial charge in [0.2, 0.25) is 0 Å². The van der Waals surface area contributed by atoms with Crippen LogP contribution < -0.4 is 25.4 Å². The average molecular weight is 1420 g/mol. The van der Waals surface area contributed by atoms with E-state index in [1.54, 1.807) is 0 Å². The molecule has 104 heavy (non-hydrogen) atoms. The Morgan fingerprint density at radius 3 is 0.837 bits per heavy atom. The molecule has 4 aliphatic rings. The summed E-state index contributed by atoms with van der Waals surface area (Å²) < 4.78 is 0. The van der Waals surface area contributed by atoms with Crippen LogP contribution in [-0.4, -0.2) is 24.2 Å². The van der Waals surface area contributed by atoms with Crippen LogP contribution in [0.4, 0.5) is 34.1 Å². The summed E-state index contributed by atoms with van der Waals surface area (Å²) in [5.41, 5.74) is 24.8. The van der Waals surface area contributed by atoms with Gasteiger partial charge >= 0.3 is 0 Å². The van der Waals surface area contributed by atoms with Gasteiger partial charge in [0.05, 0.1) is 35.6 Å². The van der Waals surface area contributed by atoms with E-state index in [9.17, 15) is 0 Å². The average Bonchev–Trinajstić information content (AvgIpc) is 0.714. The van der Waals surface area contributed by atoms with Crippen LogP contribution in [-0.2, 0) is 5.41 Å². The molecule has 0 amide bonds. The third-order valence-electron chi connectivity index (χ3n) is 24.7. The molecule has 0 atom stereocenters. The maximum absolute atomic E-state index is 2.82. The van der Waals surface area contributed by atoms with E-state index in [1.807, 2.05) is 0 Å². The quantitative estimate of drug-likeness (QED) is 0.0509. The van der Waals surface area contributed by atoms with Gasteiger partial charge in [0.15, 0.2) is 0 Å². The lowest BCUT2D eigenvalue weighted by Crippen LogP contribution is -2.37. The van der Waals surface area contributed by atoms with Crippen molar-refractivity contribution in [2.24, 2.45) is 0 Å². The molecular weight excluding hydrogens is 1300 g/mol. The normalized spacial score (nSPS) is 16.5. The first-order chi connectivity index (χ1) is 50.1. The Morgan fingerprint density at radius 1 is 0.250 bits per heavy atom.